The number of carbonyl (C=O) groups is 2. The normalized spacial score (nSPS) is 11.1. The summed E-state index contributed by atoms with van der Waals surface area (Å²) in [6, 6.07) is 7.89. The fourth-order valence-electron chi connectivity index (χ4n) is 3.70. The number of aliphatic hydroxyl groups excluding tert-OH is 1. The van der Waals surface area contributed by atoms with Crippen molar-refractivity contribution in [2.75, 3.05) is 12.8 Å². The standard InChI is InChI=1S/C22H27O3P/c1-13-9-15(3)19(16(4)10-13)21(24)26(8-7-23)22(25)20-17(5)11-14(2)12-18(20)6/h9-12,23H,7-8H2,1-6H3. The van der Waals surface area contributed by atoms with Crippen LogP contribution in [0.4, 0.5) is 0 Å². The highest BCUT2D eigenvalue weighted by molar-refractivity contribution is 7.90. The molecule has 0 aromatic heterocycles. The van der Waals surface area contributed by atoms with E-state index < -0.39 is 7.92 Å². The summed E-state index contributed by atoms with van der Waals surface area (Å²) in [5, 5.41) is 9.51. The first-order chi connectivity index (χ1) is 12.2. The number of hydrogen-bond acceptors (Lipinski definition) is 3. The van der Waals surface area contributed by atoms with E-state index in [0.717, 1.165) is 33.4 Å². The molecule has 4 heteroatoms. The summed E-state index contributed by atoms with van der Waals surface area (Å²) in [6.45, 7) is 11.5. The van der Waals surface area contributed by atoms with Crippen molar-refractivity contribution in [1.82, 2.24) is 0 Å². The first kappa shape index (κ1) is 20.5. The molecule has 0 bridgehead atoms. The number of hydrogen-bond donors (Lipinski definition) is 1. The van der Waals surface area contributed by atoms with Gasteiger partial charge < -0.3 is 5.11 Å². The Morgan fingerprint density at radius 3 is 1.31 bits per heavy atom. The molecule has 138 valence electrons. The second kappa shape index (κ2) is 8.24. The summed E-state index contributed by atoms with van der Waals surface area (Å²) in [5.41, 5.74) is 6.76. The van der Waals surface area contributed by atoms with Gasteiger partial charge in [-0.1, -0.05) is 35.4 Å². The largest absolute Gasteiger partial charge is 0.396 e. The SMILES string of the molecule is Cc1cc(C)c(C(=O)P(CCO)C(=O)c2c(C)cc(C)cc2C)c(C)c1. The molecule has 26 heavy (non-hydrogen) atoms. The van der Waals surface area contributed by atoms with E-state index in [9.17, 15) is 14.7 Å². The summed E-state index contributed by atoms with van der Waals surface area (Å²) < 4.78 is 0. The Kier molecular flexibility index (Phi) is 6.49. The van der Waals surface area contributed by atoms with E-state index in [1.807, 2.05) is 65.8 Å². The monoisotopic (exact) mass is 370 g/mol. The zero-order valence-electron chi connectivity index (χ0n) is 16.4. The quantitative estimate of drug-likeness (QED) is 0.729. The molecule has 3 nitrogen and oxygen atoms in total. The Morgan fingerprint density at radius 1 is 0.731 bits per heavy atom. The molecule has 0 heterocycles. The topological polar surface area (TPSA) is 54.4 Å². The van der Waals surface area contributed by atoms with E-state index in [4.69, 9.17) is 0 Å². The zero-order chi connectivity index (χ0) is 19.6. The molecule has 0 amide bonds. The van der Waals surface area contributed by atoms with E-state index >= 15 is 0 Å². The van der Waals surface area contributed by atoms with E-state index in [1.54, 1.807) is 0 Å². The smallest absolute Gasteiger partial charge is 0.192 e. The van der Waals surface area contributed by atoms with E-state index in [0.29, 0.717) is 11.1 Å². The molecule has 0 atom stereocenters. The van der Waals surface area contributed by atoms with Crippen molar-refractivity contribution in [3.05, 3.63) is 68.8 Å². The summed E-state index contributed by atoms with van der Waals surface area (Å²) >= 11 is 0. The highest BCUT2D eigenvalue weighted by Crippen LogP contribution is 2.45. The molecular weight excluding hydrogens is 343 g/mol. The van der Waals surface area contributed by atoms with Crippen LogP contribution in [0, 0.1) is 41.5 Å². The number of aryl methyl sites for hydroxylation is 6. The highest BCUT2D eigenvalue weighted by Gasteiger charge is 2.31. The Hall–Kier alpha value is -1.83. The van der Waals surface area contributed by atoms with Crippen LogP contribution < -0.4 is 0 Å². The number of carbonyl (C=O) groups excluding carboxylic acids is 2. The van der Waals surface area contributed by atoms with Crippen LogP contribution >= 0.6 is 7.92 Å². The van der Waals surface area contributed by atoms with Crippen LogP contribution in [-0.2, 0) is 0 Å². The zero-order valence-corrected chi connectivity index (χ0v) is 17.3. The summed E-state index contributed by atoms with van der Waals surface area (Å²) in [5.74, 6) is 0. The molecule has 0 aliphatic rings. The van der Waals surface area contributed by atoms with Crippen molar-refractivity contribution in [2.45, 2.75) is 41.5 Å². The van der Waals surface area contributed by atoms with Crippen LogP contribution in [0.3, 0.4) is 0 Å². The fourth-order valence-corrected chi connectivity index (χ4v) is 5.74. The molecule has 1 N–H and O–H groups in total. The Bertz CT molecular complexity index is 752. The second-order valence-electron chi connectivity index (χ2n) is 7.03. The fraction of sp³-hybridized carbons (Fsp3) is 0.364. The molecule has 0 saturated heterocycles. The van der Waals surface area contributed by atoms with Gasteiger partial charge in [-0.05, 0) is 63.8 Å². The van der Waals surface area contributed by atoms with E-state index in [2.05, 4.69) is 0 Å². The molecule has 0 spiro atoms. The lowest BCUT2D eigenvalue weighted by atomic mass is 10.0. The van der Waals surface area contributed by atoms with Gasteiger partial charge in [-0.2, -0.15) is 0 Å². The molecule has 0 radical (unpaired) electrons. The highest BCUT2D eigenvalue weighted by atomic mass is 31.1. The molecule has 0 saturated carbocycles. The lowest BCUT2D eigenvalue weighted by molar-refractivity contribution is 0.105. The van der Waals surface area contributed by atoms with Crippen molar-refractivity contribution in [3.63, 3.8) is 0 Å². The molecule has 0 aliphatic heterocycles. The molecule has 2 rings (SSSR count). The average Bonchev–Trinajstić information content (AvgIpc) is 2.50. The van der Waals surface area contributed by atoms with Gasteiger partial charge in [0.15, 0.2) is 11.0 Å². The van der Waals surface area contributed by atoms with Gasteiger partial charge in [0.1, 0.15) is 0 Å². The lowest BCUT2D eigenvalue weighted by Crippen LogP contribution is -2.15. The van der Waals surface area contributed by atoms with Crippen LogP contribution in [0.1, 0.15) is 54.1 Å². The van der Waals surface area contributed by atoms with Crippen LogP contribution in [-0.4, -0.2) is 28.9 Å². The summed E-state index contributed by atoms with van der Waals surface area (Å²) in [7, 11) is -1.65. The first-order valence-electron chi connectivity index (χ1n) is 8.80. The maximum Gasteiger partial charge on any atom is 0.192 e. The number of rotatable bonds is 6. The van der Waals surface area contributed by atoms with Crippen molar-refractivity contribution < 1.29 is 14.7 Å². The second-order valence-corrected chi connectivity index (χ2v) is 9.15. The van der Waals surface area contributed by atoms with E-state index in [-0.39, 0.29) is 23.8 Å². The minimum Gasteiger partial charge on any atom is -0.396 e. The molecule has 0 unspecified atom stereocenters. The minimum absolute atomic E-state index is 0.131. The van der Waals surface area contributed by atoms with Crippen LogP contribution in [0.15, 0.2) is 24.3 Å². The Labute approximate surface area is 157 Å². The maximum absolute atomic E-state index is 13.3. The molecular formula is C22H27O3P. The van der Waals surface area contributed by atoms with Crippen molar-refractivity contribution in [1.29, 1.82) is 0 Å². The average molecular weight is 370 g/mol. The number of aliphatic hydroxyl groups is 1. The Balaban J connectivity index is 2.53. The molecule has 2 aromatic rings. The lowest BCUT2D eigenvalue weighted by Gasteiger charge is -2.20. The van der Waals surface area contributed by atoms with Gasteiger partial charge >= 0.3 is 0 Å². The predicted octanol–water partition coefficient (Wildman–Crippen LogP) is 4.99. The van der Waals surface area contributed by atoms with Gasteiger partial charge in [-0.3, -0.25) is 9.59 Å². The molecule has 0 aliphatic carbocycles. The third-order valence-electron chi connectivity index (χ3n) is 4.60. The Morgan fingerprint density at radius 2 is 1.04 bits per heavy atom. The van der Waals surface area contributed by atoms with Crippen molar-refractivity contribution in [3.8, 4) is 0 Å². The molecule has 2 aromatic carbocycles. The first-order valence-corrected chi connectivity index (χ1v) is 10.3. The predicted molar refractivity (Wildman–Crippen MR) is 109 cm³/mol. The van der Waals surface area contributed by atoms with Gasteiger partial charge in [0, 0.05) is 31.8 Å². The maximum atomic E-state index is 13.3. The van der Waals surface area contributed by atoms with Crippen LogP contribution in [0.5, 0.6) is 0 Å². The third kappa shape index (κ3) is 4.11. The van der Waals surface area contributed by atoms with Gasteiger partial charge in [0.2, 0.25) is 0 Å². The van der Waals surface area contributed by atoms with Gasteiger partial charge in [0.05, 0.1) is 0 Å². The summed E-state index contributed by atoms with van der Waals surface area (Å²) in [4.78, 5) is 26.6. The van der Waals surface area contributed by atoms with Crippen molar-refractivity contribution >= 4 is 19.0 Å². The number of benzene rings is 2. The minimum atomic E-state index is -1.65. The summed E-state index contributed by atoms with van der Waals surface area (Å²) in [6.07, 6.45) is 0.201. The van der Waals surface area contributed by atoms with Crippen molar-refractivity contribution in [2.24, 2.45) is 0 Å². The van der Waals surface area contributed by atoms with Gasteiger partial charge in [-0.25, -0.2) is 0 Å². The van der Waals surface area contributed by atoms with Gasteiger partial charge in [-0.15, -0.1) is 0 Å². The van der Waals surface area contributed by atoms with Crippen LogP contribution in [0.25, 0.3) is 0 Å². The van der Waals surface area contributed by atoms with E-state index in [1.165, 1.54) is 0 Å². The van der Waals surface area contributed by atoms with Gasteiger partial charge in [0.25, 0.3) is 0 Å². The molecule has 0 fully saturated rings. The third-order valence-corrected chi connectivity index (χ3v) is 6.67. The van der Waals surface area contributed by atoms with Crippen LogP contribution in [0.2, 0.25) is 0 Å².